The maximum absolute atomic E-state index is 13.2. The predicted octanol–water partition coefficient (Wildman–Crippen LogP) is 4.31. The molecule has 0 unspecified atom stereocenters. The fourth-order valence-electron chi connectivity index (χ4n) is 3.11. The fraction of sp³-hybridized carbons (Fsp3) is 0.316. The van der Waals surface area contributed by atoms with Crippen molar-refractivity contribution >= 4 is 44.8 Å². The summed E-state index contributed by atoms with van der Waals surface area (Å²) in [4.78, 5) is 12.5. The zero-order valence-corrected chi connectivity index (χ0v) is 17.2. The van der Waals surface area contributed by atoms with E-state index < -0.39 is 21.8 Å². The minimum atomic E-state index is -3.56. The van der Waals surface area contributed by atoms with Gasteiger partial charge in [-0.2, -0.15) is 0 Å². The largest absolute Gasteiger partial charge is 0.326 e. The van der Waals surface area contributed by atoms with Crippen molar-refractivity contribution in [2.24, 2.45) is 5.92 Å². The summed E-state index contributed by atoms with van der Waals surface area (Å²) in [6, 6.07) is 10.5. The minimum absolute atomic E-state index is 0.0892. The number of hydrogen-bond donors (Lipinski definition) is 1. The number of nitrogens with zero attached hydrogens (tertiary/aromatic N) is 1. The molecule has 1 N–H and O–H groups in total. The lowest BCUT2D eigenvalue weighted by Gasteiger charge is -2.31. The molecule has 1 aliphatic rings. The third kappa shape index (κ3) is 5.23. The number of carbonyl (C=O) groups is 1. The average molecular weight is 445 g/mol. The van der Waals surface area contributed by atoms with Crippen LogP contribution in [0, 0.1) is 11.7 Å². The van der Waals surface area contributed by atoms with Crippen LogP contribution in [0.4, 0.5) is 10.1 Å². The van der Waals surface area contributed by atoms with E-state index in [0.29, 0.717) is 35.7 Å². The molecule has 0 saturated carbocycles. The third-order valence-corrected chi connectivity index (χ3v) is 6.96. The molecule has 0 radical (unpaired) electrons. The maximum atomic E-state index is 13.2. The molecule has 0 spiro atoms. The number of amides is 1. The van der Waals surface area contributed by atoms with E-state index in [1.165, 1.54) is 22.5 Å². The molecule has 1 amide bonds. The topological polar surface area (TPSA) is 66.5 Å². The Kier molecular flexibility index (Phi) is 6.60. The molecule has 2 aromatic rings. The van der Waals surface area contributed by atoms with Crippen molar-refractivity contribution in [3.05, 3.63) is 63.9 Å². The van der Waals surface area contributed by atoms with Crippen LogP contribution in [-0.2, 0) is 20.6 Å². The molecule has 2 aromatic carbocycles. The van der Waals surface area contributed by atoms with E-state index in [9.17, 15) is 17.6 Å². The van der Waals surface area contributed by atoms with Gasteiger partial charge in [0.1, 0.15) is 5.82 Å². The van der Waals surface area contributed by atoms with Crippen molar-refractivity contribution in [2.45, 2.75) is 18.6 Å². The molecule has 9 heteroatoms. The van der Waals surface area contributed by atoms with E-state index >= 15 is 0 Å². The second-order valence-electron chi connectivity index (χ2n) is 6.70. The van der Waals surface area contributed by atoms with Crippen LogP contribution in [0.15, 0.2) is 42.5 Å². The number of piperidine rings is 1. The summed E-state index contributed by atoms with van der Waals surface area (Å²) in [6.45, 7) is 0.485. The Balaban J connectivity index is 1.66. The van der Waals surface area contributed by atoms with Gasteiger partial charge in [-0.3, -0.25) is 4.79 Å². The molecule has 1 atom stereocenters. The molecule has 0 bridgehead atoms. The lowest BCUT2D eigenvalue weighted by Crippen LogP contribution is -2.44. The highest BCUT2D eigenvalue weighted by Gasteiger charge is 2.32. The van der Waals surface area contributed by atoms with Crippen LogP contribution in [0.2, 0.25) is 10.0 Å². The summed E-state index contributed by atoms with van der Waals surface area (Å²) in [6.07, 6.45) is 1.16. The smallest absolute Gasteiger partial charge is 0.228 e. The van der Waals surface area contributed by atoms with Gasteiger partial charge in [-0.15, -0.1) is 0 Å². The molecule has 5 nitrogen and oxygen atoms in total. The van der Waals surface area contributed by atoms with Gasteiger partial charge in [0.2, 0.25) is 15.9 Å². The van der Waals surface area contributed by atoms with Crippen molar-refractivity contribution in [1.82, 2.24) is 4.31 Å². The molecule has 0 aromatic heterocycles. The van der Waals surface area contributed by atoms with Gasteiger partial charge < -0.3 is 5.32 Å². The second-order valence-corrected chi connectivity index (χ2v) is 9.51. The Morgan fingerprint density at radius 3 is 2.57 bits per heavy atom. The summed E-state index contributed by atoms with van der Waals surface area (Å²) >= 11 is 11.6. The van der Waals surface area contributed by atoms with Crippen LogP contribution in [-0.4, -0.2) is 31.7 Å². The van der Waals surface area contributed by atoms with Gasteiger partial charge in [-0.25, -0.2) is 17.1 Å². The standard InChI is InChI=1S/C19H19Cl2FN2O3S/c20-15-5-3-13(4-6-15)12-28(26,27)24-9-1-2-14(11-24)19(25)23-16-7-8-18(22)17(21)10-16/h3-8,10,14H,1-2,9,11-12H2,(H,23,25)/t14-/m1/s1. The van der Waals surface area contributed by atoms with Crippen molar-refractivity contribution in [1.29, 1.82) is 0 Å². The number of nitrogens with one attached hydrogen (secondary N) is 1. The Morgan fingerprint density at radius 2 is 1.89 bits per heavy atom. The summed E-state index contributed by atoms with van der Waals surface area (Å²) < 4.78 is 40.1. The van der Waals surface area contributed by atoms with Crippen LogP contribution in [0.1, 0.15) is 18.4 Å². The molecule has 0 aliphatic carbocycles. The molecular weight excluding hydrogens is 426 g/mol. The average Bonchev–Trinajstić information content (AvgIpc) is 2.66. The number of carbonyl (C=O) groups excluding carboxylic acids is 1. The lowest BCUT2D eigenvalue weighted by atomic mass is 9.99. The van der Waals surface area contributed by atoms with Gasteiger partial charge in [-0.05, 0) is 48.7 Å². The third-order valence-electron chi connectivity index (χ3n) is 4.60. The van der Waals surface area contributed by atoms with E-state index in [0.717, 1.165) is 0 Å². The van der Waals surface area contributed by atoms with Crippen molar-refractivity contribution in [3.8, 4) is 0 Å². The quantitative estimate of drug-likeness (QED) is 0.746. The fourth-order valence-corrected chi connectivity index (χ4v) is 5.03. The monoisotopic (exact) mass is 444 g/mol. The van der Waals surface area contributed by atoms with Crippen LogP contribution in [0.5, 0.6) is 0 Å². The number of rotatable bonds is 5. The first kappa shape index (κ1) is 21.0. The molecule has 28 heavy (non-hydrogen) atoms. The Hall–Kier alpha value is -1.67. The first-order valence-corrected chi connectivity index (χ1v) is 11.1. The molecule has 1 aliphatic heterocycles. The number of benzene rings is 2. The van der Waals surface area contributed by atoms with Crippen LogP contribution < -0.4 is 5.32 Å². The predicted molar refractivity (Wildman–Crippen MR) is 108 cm³/mol. The second kappa shape index (κ2) is 8.78. The van der Waals surface area contributed by atoms with Gasteiger partial charge >= 0.3 is 0 Å². The summed E-state index contributed by atoms with van der Waals surface area (Å²) in [5, 5.41) is 3.13. The van der Waals surface area contributed by atoms with Crippen LogP contribution >= 0.6 is 23.2 Å². The van der Waals surface area contributed by atoms with Gasteiger partial charge in [-0.1, -0.05) is 35.3 Å². The summed E-state index contributed by atoms with van der Waals surface area (Å²) in [5.41, 5.74) is 1.01. The van der Waals surface area contributed by atoms with E-state index in [1.807, 2.05) is 0 Å². The van der Waals surface area contributed by atoms with Crippen LogP contribution in [0.25, 0.3) is 0 Å². The highest BCUT2D eigenvalue weighted by Crippen LogP contribution is 2.25. The molecule has 1 fully saturated rings. The maximum Gasteiger partial charge on any atom is 0.228 e. The van der Waals surface area contributed by atoms with E-state index in [1.54, 1.807) is 24.3 Å². The number of anilines is 1. The lowest BCUT2D eigenvalue weighted by molar-refractivity contribution is -0.120. The number of sulfonamides is 1. The zero-order chi connectivity index (χ0) is 20.3. The Labute approximate surface area is 173 Å². The highest BCUT2D eigenvalue weighted by atomic mass is 35.5. The van der Waals surface area contributed by atoms with Crippen molar-refractivity contribution < 1.29 is 17.6 Å². The first-order valence-electron chi connectivity index (χ1n) is 8.73. The van der Waals surface area contributed by atoms with E-state index in [-0.39, 0.29) is 23.2 Å². The first-order chi connectivity index (χ1) is 13.2. The zero-order valence-electron chi connectivity index (χ0n) is 14.9. The SMILES string of the molecule is O=C(Nc1ccc(F)c(Cl)c1)[C@@H]1CCCN(S(=O)(=O)Cc2ccc(Cl)cc2)C1. The van der Waals surface area contributed by atoms with Gasteiger partial charge in [0.15, 0.2) is 0 Å². The minimum Gasteiger partial charge on any atom is -0.326 e. The van der Waals surface area contributed by atoms with Gasteiger partial charge in [0, 0.05) is 23.8 Å². The summed E-state index contributed by atoms with van der Waals surface area (Å²) in [5.74, 6) is -1.52. The molecule has 1 saturated heterocycles. The summed E-state index contributed by atoms with van der Waals surface area (Å²) in [7, 11) is -3.56. The highest BCUT2D eigenvalue weighted by molar-refractivity contribution is 7.88. The number of halogens is 3. The van der Waals surface area contributed by atoms with E-state index in [4.69, 9.17) is 23.2 Å². The Bertz CT molecular complexity index is 968. The van der Waals surface area contributed by atoms with Gasteiger partial charge in [0.25, 0.3) is 0 Å². The van der Waals surface area contributed by atoms with Gasteiger partial charge in [0.05, 0.1) is 16.7 Å². The Morgan fingerprint density at radius 1 is 1.18 bits per heavy atom. The van der Waals surface area contributed by atoms with Crippen LogP contribution in [0.3, 0.4) is 0 Å². The van der Waals surface area contributed by atoms with E-state index in [2.05, 4.69) is 5.32 Å². The van der Waals surface area contributed by atoms with Crippen molar-refractivity contribution in [3.63, 3.8) is 0 Å². The molecule has 150 valence electrons. The molecular formula is C19H19Cl2FN2O3S. The molecule has 1 heterocycles. The number of hydrogen-bond acceptors (Lipinski definition) is 3. The van der Waals surface area contributed by atoms with Crippen molar-refractivity contribution in [2.75, 3.05) is 18.4 Å². The normalized spacial score (nSPS) is 18.0. The molecule has 3 rings (SSSR count).